The Morgan fingerprint density at radius 1 is 1.46 bits per heavy atom. The van der Waals surface area contributed by atoms with Crippen LogP contribution in [0.3, 0.4) is 0 Å². The third kappa shape index (κ3) is 2.38. The maximum Gasteiger partial charge on any atom is 0.376 e. The van der Waals surface area contributed by atoms with E-state index in [0.29, 0.717) is 11.0 Å². The van der Waals surface area contributed by atoms with E-state index in [0.717, 1.165) is 11.5 Å². The maximum absolute atomic E-state index is 10.6. The summed E-state index contributed by atoms with van der Waals surface area (Å²) < 4.78 is 3.68. The first-order valence-electron chi connectivity index (χ1n) is 3.20. The second-order valence-electron chi connectivity index (χ2n) is 2.08. The Kier molecular flexibility index (Phi) is 2.76. The van der Waals surface area contributed by atoms with Gasteiger partial charge in [-0.1, -0.05) is 0 Å². The molecule has 0 radical (unpaired) electrons. The van der Waals surface area contributed by atoms with Crippen LogP contribution in [0.1, 0.15) is 4.88 Å². The Labute approximate surface area is 77.1 Å². The number of nitrogens with zero attached hydrogens (tertiary/aromatic N) is 1. The van der Waals surface area contributed by atoms with Crippen molar-refractivity contribution < 1.29 is 19.8 Å². The van der Waals surface area contributed by atoms with Crippen molar-refractivity contribution in [2.24, 2.45) is 0 Å². The number of ketones is 1. The molecule has 0 atom stereocenters. The predicted octanol–water partition coefficient (Wildman–Crippen LogP) is 0.696. The number of aliphatic hydroxyl groups excluding tert-OH is 1. The van der Waals surface area contributed by atoms with Gasteiger partial charge in [0.05, 0.1) is 4.88 Å². The number of aromatic nitrogens is 1. The zero-order chi connectivity index (χ0) is 9.84. The van der Waals surface area contributed by atoms with E-state index in [-0.39, 0.29) is 5.76 Å². The van der Waals surface area contributed by atoms with Crippen LogP contribution in [0.15, 0.2) is 18.3 Å². The molecule has 1 aromatic heterocycles. The van der Waals surface area contributed by atoms with Gasteiger partial charge in [0.25, 0.3) is 5.78 Å². The van der Waals surface area contributed by atoms with Crippen LogP contribution in [0.4, 0.5) is 0 Å². The Morgan fingerprint density at radius 3 is 2.62 bits per heavy atom. The summed E-state index contributed by atoms with van der Waals surface area (Å²) in [5, 5.41) is 17.4. The zero-order valence-corrected chi connectivity index (χ0v) is 7.11. The molecule has 5 nitrogen and oxygen atoms in total. The lowest BCUT2D eigenvalue weighted by Crippen LogP contribution is -2.09. The van der Waals surface area contributed by atoms with Crippen molar-refractivity contribution in [1.82, 2.24) is 4.37 Å². The molecule has 1 heterocycles. The SMILES string of the molecule is O=C(O)C(=O)/C=C(\O)c1ccns1. The lowest BCUT2D eigenvalue weighted by atomic mass is 10.3. The number of carbonyl (C=O) groups is 2. The first-order chi connectivity index (χ1) is 6.11. The number of carboxylic acids is 1. The van der Waals surface area contributed by atoms with Gasteiger partial charge in [0.2, 0.25) is 0 Å². The number of hydrogen-bond donors (Lipinski definition) is 2. The van der Waals surface area contributed by atoms with E-state index in [4.69, 9.17) is 5.11 Å². The molecule has 6 heteroatoms. The molecule has 0 unspecified atom stereocenters. The fourth-order valence-corrected chi connectivity index (χ4v) is 1.11. The van der Waals surface area contributed by atoms with Gasteiger partial charge in [-0.2, -0.15) is 0 Å². The van der Waals surface area contributed by atoms with Crippen molar-refractivity contribution in [3.8, 4) is 0 Å². The molecule has 13 heavy (non-hydrogen) atoms. The van der Waals surface area contributed by atoms with E-state index in [9.17, 15) is 14.7 Å². The topological polar surface area (TPSA) is 87.5 Å². The Balaban J connectivity index is 2.84. The highest BCUT2D eigenvalue weighted by Crippen LogP contribution is 2.14. The molecule has 0 bridgehead atoms. The molecular weight excluding hydrogens is 194 g/mol. The van der Waals surface area contributed by atoms with E-state index in [1.54, 1.807) is 0 Å². The van der Waals surface area contributed by atoms with E-state index in [2.05, 4.69) is 4.37 Å². The molecule has 1 rings (SSSR count). The summed E-state index contributed by atoms with van der Waals surface area (Å²) in [6, 6.07) is 1.48. The molecular formula is C7H5NO4S. The van der Waals surface area contributed by atoms with E-state index < -0.39 is 11.8 Å². The number of carboxylic acid groups (broad SMARTS) is 1. The third-order valence-electron chi connectivity index (χ3n) is 1.17. The molecule has 0 saturated carbocycles. The van der Waals surface area contributed by atoms with Crippen LogP contribution < -0.4 is 0 Å². The summed E-state index contributed by atoms with van der Waals surface area (Å²) in [7, 11) is 0. The molecule has 0 fully saturated rings. The average Bonchev–Trinajstić information content (AvgIpc) is 2.55. The molecule has 0 aliphatic rings. The number of aliphatic hydroxyl groups is 1. The van der Waals surface area contributed by atoms with Gasteiger partial charge in [-0.15, -0.1) is 0 Å². The molecule has 0 aromatic carbocycles. The second-order valence-corrected chi connectivity index (χ2v) is 2.91. The summed E-state index contributed by atoms with van der Waals surface area (Å²) in [6.45, 7) is 0. The third-order valence-corrected chi connectivity index (χ3v) is 1.94. The van der Waals surface area contributed by atoms with Gasteiger partial charge in [0.15, 0.2) is 0 Å². The van der Waals surface area contributed by atoms with E-state index >= 15 is 0 Å². The molecule has 1 aromatic rings. The Hall–Kier alpha value is -1.69. The van der Waals surface area contributed by atoms with Crippen molar-refractivity contribution in [3.05, 3.63) is 23.2 Å². The summed E-state index contributed by atoms with van der Waals surface area (Å²) in [4.78, 5) is 21.0. The summed E-state index contributed by atoms with van der Waals surface area (Å²) in [5.41, 5.74) is 0. The van der Waals surface area contributed by atoms with Gasteiger partial charge in [-0.05, 0) is 17.6 Å². The number of hydrogen-bond acceptors (Lipinski definition) is 5. The monoisotopic (exact) mass is 199 g/mol. The number of carbonyl (C=O) groups excluding carboxylic acids is 1. The minimum absolute atomic E-state index is 0.356. The van der Waals surface area contributed by atoms with Gasteiger partial charge in [-0.25, -0.2) is 9.17 Å². The molecule has 0 aliphatic carbocycles. The van der Waals surface area contributed by atoms with Crippen LogP contribution in [0.25, 0.3) is 5.76 Å². The van der Waals surface area contributed by atoms with Crippen molar-refractivity contribution in [1.29, 1.82) is 0 Å². The first-order valence-corrected chi connectivity index (χ1v) is 3.97. The molecule has 68 valence electrons. The molecule has 0 amide bonds. The van der Waals surface area contributed by atoms with Gasteiger partial charge in [0.1, 0.15) is 5.76 Å². The largest absolute Gasteiger partial charge is 0.506 e. The summed E-state index contributed by atoms with van der Waals surface area (Å²) >= 11 is 0.971. The average molecular weight is 199 g/mol. The second kappa shape index (κ2) is 3.81. The lowest BCUT2D eigenvalue weighted by molar-refractivity contribution is -0.146. The van der Waals surface area contributed by atoms with E-state index in [1.165, 1.54) is 12.3 Å². The fraction of sp³-hybridized carbons (Fsp3) is 0. The van der Waals surface area contributed by atoms with Crippen LogP contribution >= 0.6 is 11.5 Å². The Bertz CT molecular complexity index is 355. The minimum atomic E-state index is -1.60. The first kappa shape index (κ1) is 9.40. The lowest BCUT2D eigenvalue weighted by Gasteiger charge is -1.91. The van der Waals surface area contributed by atoms with Crippen LogP contribution in [0, 0.1) is 0 Å². The normalized spacial score (nSPS) is 11.2. The predicted molar refractivity (Wildman–Crippen MR) is 45.4 cm³/mol. The van der Waals surface area contributed by atoms with Crippen LogP contribution in [0.2, 0.25) is 0 Å². The fourth-order valence-electron chi connectivity index (χ4n) is 0.605. The minimum Gasteiger partial charge on any atom is -0.506 e. The van der Waals surface area contributed by atoms with Crippen LogP contribution in [-0.2, 0) is 9.59 Å². The molecule has 2 N–H and O–H groups in total. The van der Waals surface area contributed by atoms with Crippen molar-refractivity contribution in [3.63, 3.8) is 0 Å². The summed E-state index contributed by atoms with van der Waals surface area (Å²) in [5.74, 6) is -3.14. The van der Waals surface area contributed by atoms with Gasteiger partial charge >= 0.3 is 5.97 Å². The number of rotatable bonds is 3. The van der Waals surface area contributed by atoms with E-state index in [1.807, 2.05) is 0 Å². The zero-order valence-electron chi connectivity index (χ0n) is 6.30. The molecule has 0 saturated heterocycles. The van der Waals surface area contributed by atoms with Gasteiger partial charge in [-0.3, -0.25) is 4.79 Å². The molecule has 0 spiro atoms. The smallest absolute Gasteiger partial charge is 0.376 e. The van der Waals surface area contributed by atoms with Gasteiger partial charge in [0, 0.05) is 12.3 Å². The highest BCUT2D eigenvalue weighted by atomic mass is 32.1. The van der Waals surface area contributed by atoms with Crippen LogP contribution in [0.5, 0.6) is 0 Å². The van der Waals surface area contributed by atoms with Crippen LogP contribution in [-0.4, -0.2) is 26.3 Å². The Morgan fingerprint density at radius 2 is 2.15 bits per heavy atom. The summed E-state index contributed by atoms with van der Waals surface area (Å²) in [6.07, 6.45) is 2.09. The standard InChI is InChI=1S/C7H5NO4S/c9-4(3-5(10)7(11)12)6-1-2-8-13-6/h1-3,9H,(H,11,12)/b4-3-. The van der Waals surface area contributed by atoms with Crippen molar-refractivity contribution in [2.45, 2.75) is 0 Å². The molecule has 0 aliphatic heterocycles. The highest BCUT2D eigenvalue weighted by molar-refractivity contribution is 7.06. The highest BCUT2D eigenvalue weighted by Gasteiger charge is 2.10. The van der Waals surface area contributed by atoms with Crippen molar-refractivity contribution in [2.75, 3.05) is 0 Å². The number of aliphatic carboxylic acids is 1. The van der Waals surface area contributed by atoms with Crippen molar-refractivity contribution >= 4 is 29.0 Å². The maximum atomic E-state index is 10.6. The quantitative estimate of drug-likeness (QED) is 0.425. The van der Waals surface area contributed by atoms with Gasteiger partial charge < -0.3 is 10.2 Å².